The van der Waals surface area contributed by atoms with Crippen molar-refractivity contribution in [2.75, 3.05) is 5.88 Å². The molecular weight excluding hydrogens is 148 g/mol. The maximum atomic E-state index is 5.63. The Labute approximate surface area is 65.8 Å². The van der Waals surface area contributed by atoms with Crippen molar-refractivity contribution in [2.24, 2.45) is 5.92 Å². The monoisotopic (exact) mass is 158 g/mol. The van der Waals surface area contributed by atoms with Crippen molar-refractivity contribution in [3.63, 3.8) is 0 Å². The van der Waals surface area contributed by atoms with Gasteiger partial charge in [0.05, 0.1) is 0 Å². The Kier molecular flexibility index (Phi) is 2.75. The molecule has 0 amide bonds. The summed E-state index contributed by atoms with van der Waals surface area (Å²) in [4.78, 5) is 0. The van der Waals surface area contributed by atoms with Crippen LogP contribution in [0.15, 0.2) is 18.5 Å². The van der Waals surface area contributed by atoms with Crippen LogP contribution < -0.4 is 0 Å². The predicted molar refractivity (Wildman–Crippen MR) is 42.1 cm³/mol. The van der Waals surface area contributed by atoms with E-state index in [1.54, 1.807) is 6.20 Å². The van der Waals surface area contributed by atoms with E-state index >= 15 is 0 Å². The second kappa shape index (κ2) is 3.62. The van der Waals surface area contributed by atoms with Crippen LogP contribution in [0.3, 0.4) is 0 Å². The Morgan fingerprint density at radius 2 is 2.50 bits per heavy atom. The lowest BCUT2D eigenvalue weighted by Gasteiger charge is -2.05. The summed E-state index contributed by atoms with van der Waals surface area (Å²) in [5, 5.41) is 4.06. The lowest BCUT2D eigenvalue weighted by atomic mass is 10.2. The van der Waals surface area contributed by atoms with Crippen LogP contribution in [-0.4, -0.2) is 15.7 Å². The Morgan fingerprint density at radius 1 is 1.70 bits per heavy atom. The first kappa shape index (κ1) is 7.61. The van der Waals surface area contributed by atoms with Crippen molar-refractivity contribution in [3.8, 4) is 0 Å². The number of hydrogen-bond donors (Lipinski definition) is 0. The molecule has 0 aliphatic carbocycles. The quantitative estimate of drug-likeness (QED) is 0.613. The maximum Gasteiger partial charge on any atom is 0.0489 e. The molecule has 1 atom stereocenters. The third kappa shape index (κ3) is 2.03. The molecule has 1 rings (SSSR count). The van der Waals surface area contributed by atoms with Gasteiger partial charge in [0, 0.05) is 24.8 Å². The standard InChI is InChI=1S/C7H11ClN2/c1-7(5-8)6-10-4-2-3-9-10/h2-4,7H,5-6H2,1H3. The Bertz CT molecular complexity index is 172. The van der Waals surface area contributed by atoms with Gasteiger partial charge in [0.2, 0.25) is 0 Å². The molecule has 56 valence electrons. The molecule has 0 radical (unpaired) electrons. The number of nitrogens with zero attached hydrogens (tertiary/aromatic N) is 2. The fourth-order valence-electron chi connectivity index (χ4n) is 0.777. The van der Waals surface area contributed by atoms with Gasteiger partial charge in [0.15, 0.2) is 0 Å². The van der Waals surface area contributed by atoms with Gasteiger partial charge in [-0.15, -0.1) is 11.6 Å². The Morgan fingerprint density at radius 3 is 3.00 bits per heavy atom. The highest BCUT2D eigenvalue weighted by molar-refractivity contribution is 6.18. The molecule has 0 fully saturated rings. The van der Waals surface area contributed by atoms with Crippen LogP contribution in [0.1, 0.15) is 6.92 Å². The van der Waals surface area contributed by atoms with Gasteiger partial charge in [-0.2, -0.15) is 5.10 Å². The highest BCUT2D eigenvalue weighted by Gasteiger charge is 1.99. The largest absolute Gasteiger partial charge is 0.272 e. The second-order valence-corrected chi connectivity index (χ2v) is 2.80. The van der Waals surface area contributed by atoms with Gasteiger partial charge >= 0.3 is 0 Å². The van der Waals surface area contributed by atoms with Gasteiger partial charge in [-0.1, -0.05) is 6.92 Å². The van der Waals surface area contributed by atoms with Crippen LogP contribution in [-0.2, 0) is 6.54 Å². The molecule has 2 nitrogen and oxygen atoms in total. The lowest BCUT2D eigenvalue weighted by molar-refractivity contribution is 0.487. The number of halogens is 1. The highest BCUT2D eigenvalue weighted by atomic mass is 35.5. The fourth-order valence-corrected chi connectivity index (χ4v) is 0.874. The van der Waals surface area contributed by atoms with Gasteiger partial charge in [0.1, 0.15) is 0 Å². The van der Waals surface area contributed by atoms with Crippen LogP contribution in [0.4, 0.5) is 0 Å². The lowest BCUT2D eigenvalue weighted by Crippen LogP contribution is -2.08. The molecule has 3 heteroatoms. The summed E-state index contributed by atoms with van der Waals surface area (Å²) in [5.41, 5.74) is 0. The average molecular weight is 159 g/mol. The minimum atomic E-state index is 0.501. The molecule has 0 N–H and O–H groups in total. The molecule has 1 aromatic heterocycles. The SMILES string of the molecule is CC(CCl)Cn1cccn1. The van der Waals surface area contributed by atoms with Crippen LogP contribution in [0, 0.1) is 5.92 Å². The first-order valence-electron chi connectivity index (χ1n) is 3.36. The van der Waals surface area contributed by atoms with Gasteiger partial charge in [0.25, 0.3) is 0 Å². The molecule has 1 heterocycles. The first-order valence-corrected chi connectivity index (χ1v) is 3.89. The number of aromatic nitrogens is 2. The number of hydrogen-bond acceptors (Lipinski definition) is 1. The van der Waals surface area contributed by atoms with Crippen molar-refractivity contribution >= 4 is 11.6 Å². The summed E-state index contributed by atoms with van der Waals surface area (Å²) in [6, 6.07) is 1.92. The molecule has 10 heavy (non-hydrogen) atoms. The summed E-state index contributed by atoms with van der Waals surface area (Å²) < 4.78 is 1.90. The van der Waals surface area contributed by atoms with Crippen molar-refractivity contribution in [1.29, 1.82) is 0 Å². The van der Waals surface area contributed by atoms with Crippen LogP contribution in [0.25, 0.3) is 0 Å². The maximum absolute atomic E-state index is 5.63. The predicted octanol–water partition coefficient (Wildman–Crippen LogP) is 1.76. The Balaban J connectivity index is 2.40. The van der Waals surface area contributed by atoms with Gasteiger partial charge in [-0.05, 0) is 12.0 Å². The highest BCUT2D eigenvalue weighted by Crippen LogP contribution is 2.00. The molecule has 1 unspecified atom stereocenters. The fraction of sp³-hybridized carbons (Fsp3) is 0.571. The molecule has 0 aromatic carbocycles. The van der Waals surface area contributed by atoms with Crippen molar-refractivity contribution in [2.45, 2.75) is 13.5 Å². The minimum Gasteiger partial charge on any atom is -0.272 e. The number of alkyl halides is 1. The summed E-state index contributed by atoms with van der Waals surface area (Å²) in [5.74, 6) is 1.20. The van der Waals surface area contributed by atoms with E-state index in [9.17, 15) is 0 Å². The molecule has 0 spiro atoms. The molecule has 0 aliphatic rings. The van der Waals surface area contributed by atoms with E-state index < -0.39 is 0 Å². The molecule has 0 bridgehead atoms. The average Bonchev–Trinajstić information content (AvgIpc) is 2.40. The molecule has 1 aromatic rings. The third-order valence-electron chi connectivity index (χ3n) is 1.32. The minimum absolute atomic E-state index is 0.501. The summed E-state index contributed by atoms with van der Waals surface area (Å²) in [6.07, 6.45) is 3.73. The van der Waals surface area contributed by atoms with Crippen molar-refractivity contribution in [3.05, 3.63) is 18.5 Å². The second-order valence-electron chi connectivity index (χ2n) is 2.49. The smallest absolute Gasteiger partial charge is 0.0489 e. The zero-order valence-electron chi connectivity index (χ0n) is 6.00. The topological polar surface area (TPSA) is 17.8 Å². The van der Waals surface area contributed by atoms with E-state index in [1.165, 1.54) is 0 Å². The van der Waals surface area contributed by atoms with E-state index in [4.69, 9.17) is 11.6 Å². The van der Waals surface area contributed by atoms with Crippen molar-refractivity contribution < 1.29 is 0 Å². The molecule has 0 saturated heterocycles. The van der Waals surface area contributed by atoms with Crippen LogP contribution in [0.5, 0.6) is 0 Å². The Hall–Kier alpha value is -0.500. The van der Waals surface area contributed by atoms with Crippen molar-refractivity contribution in [1.82, 2.24) is 9.78 Å². The summed E-state index contributed by atoms with van der Waals surface area (Å²) >= 11 is 5.63. The molecule has 0 saturated carbocycles. The normalized spacial score (nSPS) is 13.4. The van der Waals surface area contributed by atoms with E-state index in [2.05, 4.69) is 12.0 Å². The van der Waals surface area contributed by atoms with Crippen LogP contribution in [0.2, 0.25) is 0 Å². The van der Waals surface area contributed by atoms with E-state index in [-0.39, 0.29) is 0 Å². The van der Waals surface area contributed by atoms with E-state index in [0.717, 1.165) is 6.54 Å². The summed E-state index contributed by atoms with van der Waals surface area (Å²) in [6.45, 7) is 3.02. The van der Waals surface area contributed by atoms with Crippen LogP contribution >= 0.6 is 11.6 Å². The zero-order chi connectivity index (χ0) is 7.40. The third-order valence-corrected chi connectivity index (χ3v) is 1.85. The van der Waals surface area contributed by atoms with E-state index in [0.29, 0.717) is 11.8 Å². The summed E-state index contributed by atoms with van der Waals surface area (Å²) in [7, 11) is 0. The van der Waals surface area contributed by atoms with Gasteiger partial charge in [-0.3, -0.25) is 4.68 Å². The molecule has 0 aliphatic heterocycles. The molecular formula is C7H11ClN2. The number of rotatable bonds is 3. The van der Waals surface area contributed by atoms with Gasteiger partial charge < -0.3 is 0 Å². The first-order chi connectivity index (χ1) is 4.83. The zero-order valence-corrected chi connectivity index (χ0v) is 6.75. The van der Waals surface area contributed by atoms with Gasteiger partial charge in [-0.25, -0.2) is 0 Å². The van der Waals surface area contributed by atoms with E-state index in [1.807, 2.05) is 16.9 Å².